The molecule has 2 aliphatic rings. The van der Waals surface area contributed by atoms with Crippen molar-refractivity contribution in [3.05, 3.63) is 29.2 Å². The molecular weight excluding hydrogens is 300 g/mol. The van der Waals surface area contributed by atoms with Crippen molar-refractivity contribution in [1.29, 1.82) is 0 Å². The van der Waals surface area contributed by atoms with Crippen LogP contribution in [0, 0.1) is 19.8 Å². The molecule has 0 bridgehead atoms. The first-order chi connectivity index (χ1) is 11.1. The molecule has 1 amide bonds. The number of ether oxygens (including phenoxy) is 1. The van der Waals surface area contributed by atoms with Crippen LogP contribution in [0.15, 0.2) is 15.1 Å². The number of carbonyl (C=O) groups excluding carboxylic acids is 1. The van der Waals surface area contributed by atoms with E-state index in [4.69, 9.17) is 13.8 Å². The molecule has 2 aliphatic heterocycles. The van der Waals surface area contributed by atoms with E-state index < -0.39 is 0 Å². The second-order valence-corrected chi connectivity index (χ2v) is 6.27. The number of hydrogen-bond acceptors (Lipinski definition) is 7. The SMILES string of the molecule is Cc1cc(C(=O)N2C[C@@H]3C[C@H](Cc4nc(C)no4)O[C@@H]3C2)on1. The van der Waals surface area contributed by atoms with Crippen LogP contribution in [-0.2, 0) is 11.2 Å². The third-order valence-corrected chi connectivity index (χ3v) is 4.41. The van der Waals surface area contributed by atoms with Crippen LogP contribution < -0.4 is 0 Å². The zero-order valence-corrected chi connectivity index (χ0v) is 13.1. The Balaban J connectivity index is 1.35. The number of aryl methyl sites for hydroxylation is 2. The molecule has 122 valence electrons. The molecule has 2 aromatic rings. The molecule has 0 spiro atoms. The molecular formula is C15H18N4O4. The van der Waals surface area contributed by atoms with E-state index in [-0.39, 0.29) is 18.1 Å². The maximum absolute atomic E-state index is 12.4. The third-order valence-electron chi connectivity index (χ3n) is 4.41. The van der Waals surface area contributed by atoms with Gasteiger partial charge in [-0.2, -0.15) is 4.98 Å². The molecule has 0 radical (unpaired) electrons. The van der Waals surface area contributed by atoms with Gasteiger partial charge in [0, 0.05) is 25.1 Å². The Morgan fingerprint density at radius 3 is 2.83 bits per heavy atom. The van der Waals surface area contributed by atoms with Crippen LogP contribution in [0.4, 0.5) is 0 Å². The topological polar surface area (TPSA) is 94.5 Å². The summed E-state index contributed by atoms with van der Waals surface area (Å²) in [6, 6.07) is 1.66. The smallest absolute Gasteiger partial charge is 0.292 e. The van der Waals surface area contributed by atoms with Crippen LogP contribution in [0.1, 0.15) is 34.4 Å². The summed E-state index contributed by atoms with van der Waals surface area (Å²) in [6.07, 6.45) is 1.67. The molecule has 3 atom stereocenters. The molecule has 0 aromatic carbocycles. The Kier molecular flexibility index (Phi) is 3.41. The van der Waals surface area contributed by atoms with Gasteiger partial charge in [0.15, 0.2) is 5.82 Å². The average molecular weight is 318 g/mol. The fraction of sp³-hybridized carbons (Fsp3) is 0.600. The molecule has 0 saturated carbocycles. The summed E-state index contributed by atoms with van der Waals surface area (Å²) in [7, 11) is 0. The highest BCUT2D eigenvalue weighted by molar-refractivity contribution is 5.91. The molecule has 8 heteroatoms. The van der Waals surface area contributed by atoms with Crippen LogP contribution in [0.3, 0.4) is 0 Å². The third kappa shape index (κ3) is 2.74. The molecule has 2 fully saturated rings. The van der Waals surface area contributed by atoms with E-state index >= 15 is 0 Å². The predicted molar refractivity (Wildman–Crippen MR) is 76.7 cm³/mol. The van der Waals surface area contributed by atoms with E-state index in [1.54, 1.807) is 24.8 Å². The molecule has 8 nitrogen and oxygen atoms in total. The highest BCUT2D eigenvalue weighted by Crippen LogP contribution is 2.34. The Morgan fingerprint density at radius 2 is 2.17 bits per heavy atom. The van der Waals surface area contributed by atoms with Crippen molar-refractivity contribution in [1.82, 2.24) is 20.2 Å². The minimum atomic E-state index is -0.118. The Hall–Kier alpha value is -2.22. The van der Waals surface area contributed by atoms with Gasteiger partial charge in [0.1, 0.15) is 0 Å². The van der Waals surface area contributed by atoms with Crippen molar-refractivity contribution < 1.29 is 18.6 Å². The van der Waals surface area contributed by atoms with Crippen molar-refractivity contribution in [2.45, 2.75) is 38.9 Å². The number of rotatable bonds is 3. The van der Waals surface area contributed by atoms with Gasteiger partial charge in [0.05, 0.1) is 24.3 Å². The van der Waals surface area contributed by atoms with Gasteiger partial charge in [-0.15, -0.1) is 0 Å². The van der Waals surface area contributed by atoms with Gasteiger partial charge in [-0.3, -0.25) is 4.79 Å². The van der Waals surface area contributed by atoms with E-state index in [1.807, 2.05) is 0 Å². The summed E-state index contributed by atoms with van der Waals surface area (Å²) in [4.78, 5) is 18.4. The second-order valence-electron chi connectivity index (χ2n) is 6.27. The lowest BCUT2D eigenvalue weighted by Gasteiger charge is -2.17. The van der Waals surface area contributed by atoms with Crippen molar-refractivity contribution in [2.75, 3.05) is 13.1 Å². The van der Waals surface area contributed by atoms with Gasteiger partial charge in [0.2, 0.25) is 11.7 Å². The van der Waals surface area contributed by atoms with Crippen LogP contribution >= 0.6 is 0 Å². The average Bonchev–Trinajstić information content (AvgIpc) is 3.23. The number of amides is 1. The van der Waals surface area contributed by atoms with Crippen molar-refractivity contribution in [3.63, 3.8) is 0 Å². The van der Waals surface area contributed by atoms with E-state index in [2.05, 4.69) is 15.3 Å². The highest BCUT2D eigenvalue weighted by atomic mass is 16.5. The lowest BCUT2D eigenvalue weighted by Crippen LogP contribution is -2.31. The van der Waals surface area contributed by atoms with Crippen LogP contribution in [-0.4, -0.2) is 51.4 Å². The zero-order valence-electron chi connectivity index (χ0n) is 13.1. The lowest BCUT2D eigenvalue weighted by atomic mass is 10.0. The van der Waals surface area contributed by atoms with Gasteiger partial charge in [-0.1, -0.05) is 10.3 Å². The van der Waals surface area contributed by atoms with E-state index in [1.165, 1.54) is 0 Å². The summed E-state index contributed by atoms with van der Waals surface area (Å²) in [5.41, 5.74) is 0.707. The minimum absolute atomic E-state index is 0.0667. The first-order valence-electron chi connectivity index (χ1n) is 7.75. The van der Waals surface area contributed by atoms with E-state index in [0.29, 0.717) is 48.6 Å². The highest BCUT2D eigenvalue weighted by Gasteiger charge is 2.44. The van der Waals surface area contributed by atoms with E-state index in [9.17, 15) is 4.79 Å². The van der Waals surface area contributed by atoms with Crippen LogP contribution in [0.5, 0.6) is 0 Å². The molecule has 4 heterocycles. The predicted octanol–water partition coefficient (Wildman–Crippen LogP) is 1.15. The van der Waals surface area contributed by atoms with Crippen molar-refractivity contribution in [3.8, 4) is 0 Å². The lowest BCUT2D eigenvalue weighted by molar-refractivity contribution is 0.0322. The Labute approximate surface area is 132 Å². The van der Waals surface area contributed by atoms with Gasteiger partial charge in [-0.25, -0.2) is 0 Å². The molecule has 2 aromatic heterocycles. The molecule has 0 aliphatic carbocycles. The summed E-state index contributed by atoms with van der Waals surface area (Å²) >= 11 is 0. The van der Waals surface area contributed by atoms with Crippen molar-refractivity contribution in [2.24, 2.45) is 5.92 Å². The molecule has 4 rings (SSSR count). The second kappa shape index (κ2) is 5.45. The fourth-order valence-corrected chi connectivity index (χ4v) is 3.40. The molecule has 2 saturated heterocycles. The Morgan fingerprint density at radius 1 is 1.30 bits per heavy atom. The number of likely N-dealkylation sites (tertiary alicyclic amines) is 1. The van der Waals surface area contributed by atoms with Gasteiger partial charge in [-0.05, 0) is 20.3 Å². The maximum Gasteiger partial charge on any atom is 0.292 e. The zero-order chi connectivity index (χ0) is 16.0. The van der Waals surface area contributed by atoms with E-state index in [0.717, 1.165) is 6.42 Å². The quantitative estimate of drug-likeness (QED) is 0.837. The normalized spacial score (nSPS) is 26.7. The standard InChI is InChI=1S/C15H18N4O4/c1-8-3-12(22-17-8)15(20)19-6-10-4-11(21-13(10)7-19)5-14-16-9(2)18-23-14/h3,10-11,13H,4-7H2,1-2H3/t10-,11+,13+/m0/s1. The molecule has 0 N–H and O–H groups in total. The first-order valence-corrected chi connectivity index (χ1v) is 7.75. The maximum atomic E-state index is 12.4. The largest absolute Gasteiger partial charge is 0.372 e. The van der Waals surface area contributed by atoms with Crippen LogP contribution in [0.2, 0.25) is 0 Å². The van der Waals surface area contributed by atoms with Gasteiger partial charge >= 0.3 is 0 Å². The fourth-order valence-electron chi connectivity index (χ4n) is 3.40. The number of nitrogens with zero attached hydrogens (tertiary/aromatic N) is 4. The molecule has 23 heavy (non-hydrogen) atoms. The van der Waals surface area contributed by atoms with Gasteiger partial charge < -0.3 is 18.7 Å². The summed E-state index contributed by atoms with van der Waals surface area (Å²) in [6.45, 7) is 4.86. The minimum Gasteiger partial charge on any atom is -0.372 e. The Bertz CT molecular complexity index is 711. The summed E-state index contributed by atoms with van der Waals surface area (Å²) in [5, 5.41) is 7.56. The number of aromatic nitrogens is 3. The summed E-state index contributed by atoms with van der Waals surface area (Å²) in [5.74, 6) is 1.76. The van der Waals surface area contributed by atoms with Crippen molar-refractivity contribution >= 4 is 5.91 Å². The number of fused-ring (bicyclic) bond motifs is 1. The molecule has 0 unspecified atom stereocenters. The number of carbonyl (C=O) groups is 1. The van der Waals surface area contributed by atoms with Crippen LogP contribution in [0.25, 0.3) is 0 Å². The van der Waals surface area contributed by atoms with Gasteiger partial charge in [0.25, 0.3) is 5.91 Å². The first kappa shape index (κ1) is 14.4. The monoisotopic (exact) mass is 318 g/mol. The summed E-state index contributed by atoms with van der Waals surface area (Å²) < 4.78 is 16.2. The number of hydrogen-bond donors (Lipinski definition) is 0.